The molecule has 2 rings (SSSR count). The van der Waals surface area contributed by atoms with E-state index in [9.17, 15) is 9.59 Å². The first kappa shape index (κ1) is 13.7. The number of fused-ring (bicyclic) bond motifs is 1. The minimum Gasteiger partial charge on any atom is -0.482 e. The summed E-state index contributed by atoms with van der Waals surface area (Å²) in [4.78, 5) is 26.5. The average molecular weight is 283 g/mol. The number of halogens is 1. The molecular formula is C13H15ClN2O3. The van der Waals surface area contributed by atoms with Gasteiger partial charge in [-0.15, -0.1) is 0 Å². The van der Waals surface area contributed by atoms with Crippen molar-refractivity contribution < 1.29 is 14.3 Å². The van der Waals surface area contributed by atoms with Gasteiger partial charge in [0, 0.05) is 32.1 Å². The van der Waals surface area contributed by atoms with Crippen LogP contribution in [0.5, 0.6) is 5.75 Å². The van der Waals surface area contributed by atoms with Crippen LogP contribution in [0.25, 0.3) is 0 Å². The second kappa shape index (κ2) is 5.48. The van der Waals surface area contributed by atoms with Crippen LogP contribution in [0.2, 0.25) is 5.02 Å². The van der Waals surface area contributed by atoms with Gasteiger partial charge in [-0.3, -0.25) is 9.59 Å². The fourth-order valence-electron chi connectivity index (χ4n) is 1.85. The molecule has 102 valence electrons. The minimum atomic E-state index is -0.165. The molecule has 19 heavy (non-hydrogen) atoms. The minimum absolute atomic E-state index is 0.00914. The maximum atomic E-state index is 11.9. The first-order chi connectivity index (χ1) is 8.99. The number of hydrogen-bond donors (Lipinski definition) is 0. The number of ether oxygens (including phenoxy) is 1. The highest BCUT2D eigenvalue weighted by Crippen LogP contribution is 2.34. The molecule has 1 aromatic rings. The number of rotatable bonds is 3. The van der Waals surface area contributed by atoms with Crippen LogP contribution in [-0.2, 0) is 9.59 Å². The Morgan fingerprint density at radius 2 is 2.21 bits per heavy atom. The number of benzene rings is 1. The molecule has 0 radical (unpaired) electrons. The van der Waals surface area contributed by atoms with Gasteiger partial charge in [0.1, 0.15) is 5.75 Å². The van der Waals surface area contributed by atoms with E-state index >= 15 is 0 Å². The van der Waals surface area contributed by atoms with Gasteiger partial charge in [0.05, 0.1) is 5.69 Å². The molecule has 0 atom stereocenters. The highest BCUT2D eigenvalue weighted by Gasteiger charge is 2.26. The molecule has 2 amide bonds. The van der Waals surface area contributed by atoms with Gasteiger partial charge < -0.3 is 14.5 Å². The summed E-state index contributed by atoms with van der Waals surface area (Å²) in [6, 6.07) is 5.11. The molecule has 1 aliphatic rings. The van der Waals surface area contributed by atoms with Crippen molar-refractivity contribution in [3.8, 4) is 5.75 Å². The Balaban J connectivity index is 2.18. The SMILES string of the molecule is CN(C)C(=O)CCN1C(=O)COc2ccc(Cl)cc21. The Kier molecular flexibility index (Phi) is 3.95. The second-order valence-corrected chi connectivity index (χ2v) is 4.92. The van der Waals surface area contributed by atoms with E-state index in [2.05, 4.69) is 0 Å². The van der Waals surface area contributed by atoms with Crippen LogP contribution < -0.4 is 9.64 Å². The first-order valence-electron chi connectivity index (χ1n) is 5.92. The number of nitrogens with zero attached hydrogens (tertiary/aromatic N) is 2. The molecule has 0 spiro atoms. The van der Waals surface area contributed by atoms with Crippen molar-refractivity contribution in [2.75, 3.05) is 32.1 Å². The summed E-state index contributed by atoms with van der Waals surface area (Å²) in [6.07, 6.45) is 0.269. The standard InChI is InChI=1S/C13H15ClN2O3/c1-15(2)12(17)5-6-16-10-7-9(14)3-4-11(10)19-8-13(16)18/h3-4,7H,5-6,8H2,1-2H3. The van der Waals surface area contributed by atoms with Crippen molar-refractivity contribution in [2.45, 2.75) is 6.42 Å². The van der Waals surface area contributed by atoms with E-state index in [1.165, 1.54) is 4.90 Å². The number of anilines is 1. The van der Waals surface area contributed by atoms with Gasteiger partial charge in [-0.05, 0) is 18.2 Å². The summed E-state index contributed by atoms with van der Waals surface area (Å²) in [7, 11) is 3.38. The highest BCUT2D eigenvalue weighted by atomic mass is 35.5. The van der Waals surface area contributed by atoms with Gasteiger partial charge in [0.2, 0.25) is 5.91 Å². The van der Waals surface area contributed by atoms with E-state index in [4.69, 9.17) is 16.3 Å². The third-order valence-corrected chi connectivity index (χ3v) is 3.15. The lowest BCUT2D eigenvalue weighted by Crippen LogP contribution is -2.41. The number of amides is 2. The number of carbonyl (C=O) groups excluding carboxylic acids is 2. The predicted octanol–water partition coefficient (Wildman–Crippen LogP) is 1.54. The lowest BCUT2D eigenvalue weighted by atomic mass is 10.2. The van der Waals surface area contributed by atoms with Crippen molar-refractivity contribution in [2.24, 2.45) is 0 Å². The highest BCUT2D eigenvalue weighted by molar-refractivity contribution is 6.31. The third-order valence-electron chi connectivity index (χ3n) is 2.91. The molecular weight excluding hydrogens is 268 g/mol. The van der Waals surface area contributed by atoms with Gasteiger partial charge in [0.15, 0.2) is 6.61 Å². The topological polar surface area (TPSA) is 49.9 Å². The van der Waals surface area contributed by atoms with Crippen molar-refractivity contribution >= 4 is 29.1 Å². The van der Waals surface area contributed by atoms with Gasteiger partial charge in [-0.2, -0.15) is 0 Å². The lowest BCUT2D eigenvalue weighted by Gasteiger charge is -2.29. The Morgan fingerprint density at radius 3 is 2.89 bits per heavy atom. The molecule has 1 aromatic carbocycles. The maximum Gasteiger partial charge on any atom is 0.265 e. The molecule has 0 aliphatic carbocycles. The van der Waals surface area contributed by atoms with Gasteiger partial charge in [-0.25, -0.2) is 0 Å². The normalized spacial score (nSPS) is 13.8. The quantitative estimate of drug-likeness (QED) is 0.845. The van der Waals surface area contributed by atoms with Crippen molar-refractivity contribution in [1.29, 1.82) is 0 Å². The summed E-state index contributed by atoms with van der Waals surface area (Å²) < 4.78 is 5.33. The monoisotopic (exact) mass is 282 g/mol. The zero-order chi connectivity index (χ0) is 14.0. The average Bonchev–Trinajstić information content (AvgIpc) is 2.37. The molecule has 1 aliphatic heterocycles. The van der Waals surface area contributed by atoms with Crippen molar-refractivity contribution in [3.63, 3.8) is 0 Å². The smallest absolute Gasteiger partial charge is 0.265 e. The Labute approximate surface area is 116 Å². The Bertz CT molecular complexity index is 517. The molecule has 0 bridgehead atoms. The van der Waals surface area contributed by atoms with E-state index in [1.54, 1.807) is 37.2 Å². The fraction of sp³-hybridized carbons (Fsp3) is 0.385. The van der Waals surface area contributed by atoms with Crippen molar-refractivity contribution in [3.05, 3.63) is 23.2 Å². The summed E-state index contributed by atoms with van der Waals surface area (Å²) >= 11 is 5.93. The summed E-state index contributed by atoms with van der Waals surface area (Å²) in [5.74, 6) is 0.422. The fourth-order valence-corrected chi connectivity index (χ4v) is 2.02. The van der Waals surface area contributed by atoms with Crippen LogP contribution >= 0.6 is 11.6 Å². The zero-order valence-corrected chi connectivity index (χ0v) is 11.6. The largest absolute Gasteiger partial charge is 0.482 e. The lowest BCUT2D eigenvalue weighted by molar-refractivity contribution is -0.128. The van der Waals surface area contributed by atoms with Gasteiger partial charge >= 0.3 is 0 Å². The van der Waals surface area contributed by atoms with Crippen LogP contribution in [0.3, 0.4) is 0 Å². The molecule has 6 heteroatoms. The Hall–Kier alpha value is -1.75. The molecule has 0 saturated carbocycles. The van der Waals surface area contributed by atoms with Crippen LogP contribution in [0, 0.1) is 0 Å². The van der Waals surface area contributed by atoms with Crippen LogP contribution in [0.1, 0.15) is 6.42 Å². The Morgan fingerprint density at radius 1 is 1.47 bits per heavy atom. The first-order valence-corrected chi connectivity index (χ1v) is 6.29. The second-order valence-electron chi connectivity index (χ2n) is 4.48. The van der Waals surface area contributed by atoms with Crippen molar-refractivity contribution in [1.82, 2.24) is 4.90 Å². The van der Waals surface area contributed by atoms with Gasteiger partial charge in [0.25, 0.3) is 5.91 Å². The summed E-state index contributed by atoms with van der Waals surface area (Å²) in [5.41, 5.74) is 0.621. The van der Waals surface area contributed by atoms with E-state index in [0.29, 0.717) is 23.0 Å². The third kappa shape index (κ3) is 2.98. The number of carbonyl (C=O) groups is 2. The van der Waals surface area contributed by atoms with Crippen LogP contribution in [0.4, 0.5) is 5.69 Å². The van der Waals surface area contributed by atoms with Crippen LogP contribution in [-0.4, -0.2) is 44.0 Å². The maximum absolute atomic E-state index is 11.9. The van der Waals surface area contributed by atoms with E-state index in [1.807, 2.05) is 0 Å². The van der Waals surface area contributed by atoms with Gasteiger partial charge in [-0.1, -0.05) is 11.6 Å². The molecule has 0 aromatic heterocycles. The molecule has 5 nitrogen and oxygen atoms in total. The van der Waals surface area contributed by atoms with Crippen LogP contribution in [0.15, 0.2) is 18.2 Å². The predicted molar refractivity (Wildman–Crippen MR) is 72.6 cm³/mol. The van der Waals surface area contributed by atoms with E-state index in [-0.39, 0.29) is 24.8 Å². The molecule has 1 heterocycles. The zero-order valence-electron chi connectivity index (χ0n) is 10.9. The van der Waals surface area contributed by atoms with E-state index < -0.39 is 0 Å². The van der Waals surface area contributed by atoms with E-state index in [0.717, 1.165) is 0 Å². The number of hydrogen-bond acceptors (Lipinski definition) is 3. The molecule has 0 unspecified atom stereocenters. The molecule has 0 N–H and O–H groups in total. The summed E-state index contributed by atoms with van der Waals surface area (Å²) in [5, 5.41) is 0.529. The summed E-state index contributed by atoms with van der Waals surface area (Å²) in [6.45, 7) is 0.317. The molecule has 0 saturated heterocycles. The molecule has 0 fully saturated rings.